The van der Waals surface area contributed by atoms with E-state index in [0.29, 0.717) is 6.42 Å². The molecule has 0 aromatic heterocycles. The van der Waals surface area contributed by atoms with E-state index in [0.717, 1.165) is 5.57 Å². The minimum absolute atomic E-state index is 0.657. The first kappa shape index (κ1) is 7.86. The Labute approximate surface area is 57.0 Å². The molecule has 0 aliphatic rings. The molecule has 0 fully saturated rings. The van der Waals surface area contributed by atoms with Crippen molar-refractivity contribution in [3.63, 3.8) is 0 Å². The third kappa shape index (κ3) is 4.72. The van der Waals surface area contributed by atoms with Crippen LogP contribution in [0.15, 0.2) is 11.6 Å². The lowest BCUT2D eigenvalue weighted by Crippen LogP contribution is -1.72. The first-order chi connectivity index (χ1) is 4.31. The molecule has 0 heteroatoms. The largest absolute Gasteiger partial charge is 0.120 e. The van der Waals surface area contributed by atoms with Crippen molar-refractivity contribution in [2.24, 2.45) is 0 Å². The van der Waals surface area contributed by atoms with Gasteiger partial charge in [-0.2, -0.15) is 0 Å². The van der Waals surface area contributed by atoms with Gasteiger partial charge in [-0.3, -0.25) is 0 Å². The van der Waals surface area contributed by atoms with Crippen molar-refractivity contribution in [1.29, 1.82) is 0 Å². The molecule has 0 atom stereocenters. The molecule has 0 heterocycles. The first-order valence-corrected chi connectivity index (χ1v) is 2.71. The Balaban J connectivity index is 3.62. The van der Waals surface area contributed by atoms with Crippen LogP contribution in [0.2, 0.25) is 0 Å². The minimum Gasteiger partial charge on any atom is -0.120 e. The van der Waals surface area contributed by atoms with Crippen LogP contribution >= 0.6 is 0 Å². The average molecular weight is 117 g/mol. The molecule has 0 spiro atoms. The van der Waals surface area contributed by atoms with Gasteiger partial charge >= 0.3 is 0 Å². The summed E-state index contributed by atoms with van der Waals surface area (Å²) in [6.07, 6.45) is 14.3. The number of hydrogen-bond acceptors (Lipinski definition) is 0. The fourth-order valence-electron chi connectivity index (χ4n) is 0.410. The molecule has 0 saturated carbocycles. The maximum Gasteiger partial charge on any atom is 0.0582 e. The molecule has 45 valence electrons. The fraction of sp³-hybridized carbons (Fsp3) is 0.222. The fourth-order valence-corrected chi connectivity index (χ4v) is 0.410. The summed E-state index contributed by atoms with van der Waals surface area (Å²) in [5, 5.41) is 0. The summed E-state index contributed by atoms with van der Waals surface area (Å²) in [5.74, 6) is 4.91. The van der Waals surface area contributed by atoms with Crippen LogP contribution in [0.3, 0.4) is 0 Å². The van der Waals surface area contributed by atoms with Crippen molar-refractivity contribution in [3.05, 3.63) is 18.1 Å². The van der Waals surface area contributed by atoms with Crippen LogP contribution in [-0.2, 0) is 0 Å². The van der Waals surface area contributed by atoms with Crippen molar-refractivity contribution in [2.45, 2.75) is 13.3 Å². The lowest BCUT2D eigenvalue weighted by atomic mass is 10.2. The second-order valence-corrected chi connectivity index (χ2v) is 1.67. The van der Waals surface area contributed by atoms with Gasteiger partial charge in [0.15, 0.2) is 0 Å². The molecule has 0 unspecified atom stereocenters. The van der Waals surface area contributed by atoms with Gasteiger partial charge in [-0.05, 0) is 6.92 Å². The van der Waals surface area contributed by atoms with Crippen LogP contribution in [-0.4, -0.2) is 0 Å². The first-order valence-electron chi connectivity index (χ1n) is 2.71. The topological polar surface area (TPSA) is 0 Å². The molecule has 0 rings (SSSR count). The number of allylic oxidation sites excluding steroid dienone is 2. The number of rotatable bonds is 2. The van der Waals surface area contributed by atoms with Gasteiger partial charge in [0.1, 0.15) is 0 Å². The molecule has 0 N–H and O–H groups in total. The van der Waals surface area contributed by atoms with E-state index in [4.69, 9.17) is 12.8 Å². The lowest BCUT2D eigenvalue weighted by molar-refractivity contribution is 1.35. The highest BCUT2D eigenvalue weighted by molar-refractivity contribution is 5.24. The zero-order valence-corrected chi connectivity index (χ0v) is 5.52. The number of hydrogen-bond donors (Lipinski definition) is 0. The molecule has 0 nitrogen and oxygen atoms in total. The molecular formula is C9H9. The van der Waals surface area contributed by atoms with Gasteiger partial charge in [-0.15, -0.1) is 18.8 Å². The second-order valence-electron chi connectivity index (χ2n) is 1.67. The van der Waals surface area contributed by atoms with Gasteiger partial charge in [-0.25, -0.2) is 0 Å². The predicted octanol–water partition coefficient (Wildman–Crippen LogP) is 1.79. The van der Waals surface area contributed by atoms with Crippen LogP contribution < -0.4 is 0 Å². The van der Waals surface area contributed by atoms with Crippen LogP contribution in [0.5, 0.6) is 0 Å². The zero-order valence-electron chi connectivity index (χ0n) is 5.52. The summed E-state index contributed by atoms with van der Waals surface area (Å²) >= 11 is 0. The van der Waals surface area contributed by atoms with Crippen LogP contribution in [0.1, 0.15) is 13.3 Å². The van der Waals surface area contributed by atoms with Crippen molar-refractivity contribution in [1.82, 2.24) is 0 Å². The molecule has 0 aliphatic heterocycles. The quantitative estimate of drug-likeness (QED) is 0.484. The smallest absolute Gasteiger partial charge is 0.0582 e. The van der Waals surface area contributed by atoms with E-state index in [-0.39, 0.29) is 0 Å². The summed E-state index contributed by atoms with van der Waals surface area (Å²) in [7, 11) is 0. The highest BCUT2D eigenvalue weighted by Crippen LogP contribution is 1.96. The van der Waals surface area contributed by atoms with Gasteiger partial charge in [-0.1, -0.05) is 17.6 Å². The Morgan fingerprint density at radius 2 is 2.22 bits per heavy atom. The van der Waals surface area contributed by atoms with E-state index >= 15 is 0 Å². The van der Waals surface area contributed by atoms with Gasteiger partial charge in [0, 0.05) is 6.42 Å². The predicted molar refractivity (Wildman–Crippen MR) is 40.3 cm³/mol. The van der Waals surface area contributed by atoms with Gasteiger partial charge in [0.25, 0.3) is 0 Å². The van der Waals surface area contributed by atoms with E-state index in [1.807, 2.05) is 13.0 Å². The van der Waals surface area contributed by atoms with Gasteiger partial charge < -0.3 is 0 Å². The van der Waals surface area contributed by atoms with Crippen molar-refractivity contribution >= 4 is 0 Å². The van der Waals surface area contributed by atoms with Crippen LogP contribution in [0.25, 0.3) is 0 Å². The summed E-state index contributed by atoms with van der Waals surface area (Å²) in [5.41, 5.74) is 1.05. The van der Waals surface area contributed by atoms with E-state index in [1.165, 1.54) is 0 Å². The molecule has 0 bridgehead atoms. The summed E-state index contributed by atoms with van der Waals surface area (Å²) < 4.78 is 0. The van der Waals surface area contributed by atoms with E-state index < -0.39 is 0 Å². The monoisotopic (exact) mass is 117 g/mol. The Morgan fingerprint density at radius 1 is 1.56 bits per heavy atom. The molecule has 0 amide bonds. The van der Waals surface area contributed by atoms with E-state index in [2.05, 4.69) is 11.8 Å². The van der Waals surface area contributed by atoms with Crippen molar-refractivity contribution in [2.75, 3.05) is 0 Å². The molecule has 9 heavy (non-hydrogen) atoms. The Morgan fingerprint density at radius 3 is 2.67 bits per heavy atom. The van der Waals surface area contributed by atoms with Gasteiger partial charge in [0.2, 0.25) is 0 Å². The highest BCUT2D eigenvalue weighted by Gasteiger charge is 1.81. The summed E-state index contributed by atoms with van der Waals surface area (Å²) in [4.78, 5) is 0. The normalized spacial score (nSPS) is 9.89. The Kier molecular flexibility index (Phi) is 4.37. The van der Waals surface area contributed by atoms with Crippen LogP contribution in [0, 0.1) is 31.1 Å². The maximum absolute atomic E-state index is 5.01. The molecule has 0 aromatic rings. The van der Waals surface area contributed by atoms with Crippen molar-refractivity contribution < 1.29 is 0 Å². The molecule has 0 aliphatic carbocycles. The maximum atomic E-state index is 5.01. The second kappa shape index (κ2) is 5.01. The molecule has 1 radical (unpaired) electrons. The van der Waals surface area contributed by atoms with E-state index in [9.17, 15) is 0 Å². The van der Waals surface area contributed by atoms with Crippen LogP contribution in [0.4, 0.5) is 0 Å². The third-order valence-corrected chi connectivity index (χ3v) is 0.853. The molecule has 0 saturated heterocycles. The standard InChI is InChI=1S/C9H9/c1-4-6-8-9(3)7-5-2/h1-2,7-8H,6H2,3H3. The summed E-state index contributed by atoms with van der Waals surface area (Å²) in [6.45, 7) is 1.93. The zero-order chi connectivity index (χ0) is 7.11. The SMILES string of the molecule is C#C[CH]C(C)=CCC#C. The molecule has 0 aromatic carbocycles. The lowest BCUT2D eigenvalue weighted by Gasteiger charge is -1.87. The minimum atomic E-state index is 0.657. The Hall–Kier alpha value is -1.14. The summed E-state index contributed by atoms with van der Waals surface area (Å²) in [6, 6.07) is 0. The molecular weight excluding hydrogens is 108 g/mol. The number of terminal acetylenes is 2. The third-order valence-electron chi connectivity index (χ3n) is 0.853. The van der Waals surface area contributed by atoms with Gasteiger partial charge in [0.05, 0.1) is 6.42 Å². The Bertz CT molecular complexity index is 171. The van der Waals surface area contributed by atoms with E-state index in [1.54, 1.807) is 6.42 Å². The van der Waals surface area contributed by atoms with Crippen molar-refractivity contribution in [3.8, 4) is 24.7 Å². The average Bonchev–Trinajstić information content (AvgIpc) is 1.85. The highest BCUT2D eigenvalue weighted by atomic mass is 13.9.